The van der Waals surface area contributed by atoms with Gasteiger partial charge >= 0.3 is 0 Å². The van der Waals surface area contributed by atoms with Crippen LogP contribution in [0.4, 0.5) is 0 Å². The zero-order chi connectivity index (χ0) is 18.8. The molecule has 0 aliphatic heterocycles. The van der Waals surface area contributed by atoms with Crippen molar-refractivity contribution in [2.24, 2.45) is 0 Å². The first-order valence-corrected chi connectivity index (χ1v) is 10.4. The molecule has 0 fully saturated rings. The minimum absolute atomic E-state index is 0.123. The van der Waals surface area contributed by atoms with Gasteiger partial charge in [-0.05, 0) is 36.7 Å². The van der Waals surface area contributed by atoms with Gasteiger partial charge in [0.1, 0.15) is 22.3 Å². The standard InChI is InChI=1S/C19H19N5OS2/c1-3-9-24-16(11-25)22-23-19(24)27-18-14-10-15(13-7-5-4-6-8-13)26-17(14)20-12(2)21-18/h4-8,10,25H,3,9,11H2,1-2H3. The van der Waals surface area contributed by atoms with Crippen LogP contribution < -0.4 is 0 Å². The number of hydrogen-bond acceptors (Lipinski definition) is 7. The van der Waals surface area contributed by atoms with E-state index in [2.05, 4.69) is 45.3 Å². The molecule has 3 aromatic heterocycles. The molecule has 3 heterocycles. The fourth-order valence-electron chi connectivity index (χ4n) is 2.87. The summed E-state index contributed by atoms with van der Waals surface area (Å²) in [5.74, 6) is 1.31. The third kappa shape index (κ3) is 3.60. The van der Waals surface area contributed by atoms with Crippen molar-refractivity contribution in [1.29, 1.82) is 0 Å². The number of aliphatic hydroxyl groups is 1. The number of benzene rings is 1. The summed E-state index contributed by atoms with van der Waals surface area (Å²) in [5.41, 5.74) is 1.17. The first-order valence-electron chi connectivity index (χ1n) is 8.74. The zero-order valence-corrected chi connectivity index (χ0v) is 16.7. The van der Waals surface area contributed by atoms with Crippen molar-refractivity contribution in [3.63, 3.8) is 0 Å². The average Bonchev–Trinajstić information content (AvgIpc) is 3.27. The van der Waals surface area contributed by atoms with Crippen LogP contribution in [-0.4, -0.2) is 29.8 Å². The molecule has 0 saturated heterocycles. The maximum Gasteiger partial charge on any atom is 0.197 e. The second-order valence-corrected chi connectivity index (χ2v) is 8.07. The first-order chi connectivity index (χ1) is 13.2. The Labute approximate surface area is 165 Å². The summed E-state index contributed by atoms with van der Waals surface area (Å²) in [6.07, 6.45) is 0.938. The largest absolute Gasteiger partial charge is 0.388 e. The van der Waals surface area contributed by atoms with Crippen LogP contribution in [0.3, 0.4) is 0 Å². The van der Waals surface area contributed by atoms with E-state index in [4.69, 9.17) is 0 Å². The Hall–Kier alpha value is -2.29. The van der Waals surface area contributed by atoms with Crippen LogP contribution in [0.5, 0.6) is 0 Å². The second kappa shape index (κ2) is 7.75. The first kappa shape index (κ1) is 18.1. The van der Waals surface area contributed by atoms with Crippen molar-refractivity contribution in [3.05, 3.63) is 48.0 Å². The molecule has 0 bridgehead atoms. The Morgan fingerprint density at radius 3 is 2.70 bits per heavy atom. The fraction of sp³-hybridized carbons (Fsp3) is 0.263. The molecule has 0 unspecified atom stereocenters. The third-order valence-electron chi connectivity index (χ3n) is 4.10. The number of aromatic nitrogens is 5. The summed E-state index contributed by atoms with van der Waals surface area (Å²) in [7, 11) is 0. The van der Waals surface area contributed by atoms with E-state index in [9.17, 15) is 5.11 Å². The van der Waals surface area contributed by atoms with Gasteiger partial charge in [0, 0.05) is 16.8 Å². The Morgan fingerprint density at radius 1 is 1.15 bits per heavy atom. The van der Waals surface area contributed by atoms with E-state index in [0.717, 1.165) is 39.2 Å². The monoisotopic (exact) mass is 397 g/mol. The zero-order valence-electron chi connectivity index (χ0n) is 15.1. The van der Waals surface area contributed by atoms with Gasteiger partial charge in [-0.2, -0.15) is 0 Å². The number of hydrogen-bond donors (Lipinski definition) is 1. The molecule has 0 radical (unpaired) electrons. The van der Waals surface area contributed by atoms with Crippen LogP contribution in [0.25, 0.3) is 20.7 Å². The molecule has 1 N–H and O–H groups in total. The molecule has 4 aromatic rings. The highest BCUT2D eigenvalue weighted by atomic mass is 32.2. The summed E-state index contributed by atoms with van der Waals surface area (Å²) in [6.45, 7) is 4.63. The van der Waals surface area contributed by atoms with E-state index < -0.39 is 0 Å². The number of aliphatic hydroxyl groups excluding tert-OH is 1. The van der Waals surface area contributed by atoms with Crippen molar-refractivity contribution in [3.8, 4) is 10.4 Å². The maximum atomic E-state index is 9.51. The van der Waals surface area contributed by atoms with Gasteiger partial charge in [0.05, 0.1) is 0 Å². The van der Waals surface area contributed by atoms with Gasteiger partial charge in [-0.25, -0.2) is 9.97 Å². The summed E-state index contributed by atoms with van der Waals surface area (Å²) in [6, 6.07) is 12.4. The number of aryl methyl sites for hydroxylation is 1. The highest BCUT2D eigenvalue weighted by Crippen LogP contribution is 2.38. The Kier molecular flexibility index (Phi) is 5.20. The highest BCUT2D eigenvalue weighted by Gasteiger charge is 2.17. The Bertz CT molecular complexity index is 1070. The van der Waals surface area contributed by atoms with E-state index in [0.29, 0.717) is 5.82 Å². The molecule has 0 amide bonds. The van der Waals surface area contributed by atoms with E-state index in [1.54, 1.807) is 11.3 Å². The van der Waals surface area contributed by atoms with Crippen LogP contribution in [0.1, 0.15) is 25.0 Å². The molecular weight excluding hydrogens is 378 g/mol. The highest BCUT2D eigenvalue weighted by molar-refractivity contribution is 7.99. The van der Waals surface area contributed by atoms with Gasteiger partial charge in [-0.15, -0.1) is 21.5 Å². The summed E-state index contributed by atoms with van der Waals surface area (Å²) >= 11 is 3.14. The molecule has 4 rings (SSSR count). The normalized spacial score (nSPS) is 11.4. The Balaban J connectivity index is 1.78. The predicted octanol–water partition coefficient (Wildman–Crippen LogP) is 4.31. The number of thiophene rings is 1. The van der Waals surface area contributed by atoms with Gasteiger partial charge in [-0.3, -0.25) is 0 Å². The smallest absolute Gasteiger partial charge is 0.197 e. The molecule has 0 aliphatic carbocycles. The molecule has 0 aliphatic rings. The quantitative estimate of drug-likeness (QED) is 0.489. The molecule has 0 atom stereocenters. The van der Waals surface area contributed by atoms with Crippen molar-refractivity contribution < 1.29 is 5.11 Å². The van der Waals surface area contributed by atoms with E-state index >= 15 is 0 Å². The topological polar surface area (TPSA) is 76.7 Å². The second-order valence-electron chi connectivity index (χ2n) is 6.08. The molecule has 0 saturated carbocycles. The molecule has 0 spiro atoms. The third-order valence-corrected chi connectivity index (χ3v) is 6.17. The number of fused-ring (bicyclic) bond motifs is 1. The predicted molar refractivity (Wildman–Crippen MR) is 108 cm³/mol. The molecule has 6 nitrogen and oxygen atoms in total. The summed E-state index contributed by atoms with van der Waals surface area (Å²) in [4.78, 5) is 11.4. The average molecular weight is 398 g/mol. The van der Waals surface area contributed by atoms with E-state index in [1.165, 1.54) is 22.2 Å². The minimum Gasteiger partial charge on any atom is -0.388 e. The van der Waals surface area contributed by atoms with Crippen molar-refractivity contribution in [2.45, 2.75) is 43.6 Å². The lowest BCUT2D eigenvalue weighted by Crippen LogP contribution is -2.05. The molecular formula is C19H19N5OS2. The van der Waals surface area contributed by atoms with Crippen LogP contribution >= 0.6 is 23.1 Å². The van der Waals surface area contributed by atoms with Crippen molar-refractivity contribution in [2.75, 3.05) is 0 Å². The lowest BCUT2D eigenvalue weighted by atomic mass is 10.2. The SMILES string of the molecule is CCCn1c(CO)nnc1Sc1nc(C)nc2sc(-c3ccccc3)cc12. The number of nitrogens with zero attached hydrogens (tertiary/aromatic N) is 5. The van der Waals surface area contributed by atoms with E-state index in [-0.39, 0.29) is 6.61 Å². The van der Waals surface area contributed by atoms with Crippen molar-refractivity contribution >= 4 is 33.3 Å². The van der Waals surface area contributed by atoms with Gasteiger partial charge in [-0.1, -0.05) is 37.3 Å². The maximum absolute atomic E-state index is 9.51. The summed E-state index contributed by atoms with van der Waals surface area (Å²) < 4.78 is 1.96. The summed E-state index contributed by atoms with van der Waals surface area (Å²) in [5, 5.41) is 20.5. The molecule has 8 heteroatoms. The van der Waals surface area contributed by atoms with Gasteiger partial charge in [0.2, 0.25) is 0 Å². The van der Waals surface area contributed by atoms with Gasteiger partial charge in [0.25, 0.3) is 0 Å². The van der Waals surface area contributed by atoms with Crippen LogP contribution in [0, 0.1) is 6.92 Å². The molecule has 1 aromatic carbocycles. The number of rotatable bonds is 6. The van der Waals surface area contributed by atoms with Gasteiger partial charge < -0.3 is 9.67 Å². The van der Waals surface area contributed by atoms with Crippen molar-refractivity contribution in [1.82, 2.24) is 24.7 Å². The van der Waals surface area contributed by atoms with E-state index in [1.807, 2.05) is 29.7 Å². The van der Waals surface area contributed by atoms with Crippen LogP contribution in [0.2, 0.25) is 0 Å². The molecule has 138 valence electrons. The lowest BCUT2D eigenvalue weighted by molar-refractivity contribution is 0.263. The lowest BCUT2D eigenvalue weighted by Gasteiger charge is -2.07. The molecule has 27 heavy (non-hydrogen) atoms. The fourth-order valence-corrected chi connectivity index (χ4v) is 5.02. The Morgan fingerprint density at radius 2 is 1.96 bits per heavy atom. The van der Waals surface area contributed by atoms with Crippen LogP contribution in [0.15, 0.2) is 46.6 Å². The van der Waals surface area contributed by atoms with Gasteiger partial charge in [0.15, 0.2) is 11.0 Å². The van der Waals surface area contributed by atoms with Crippen LogP contribution in [-0.2, 0) is 13.2 Å². The minimum atomic E-state index is -0.123.